The van der Waals surface area contributed by atoms with Gasteiger partial charge in [-0.1, -0.05) is 30.3 Å². The first-order valence-corrected chi connectivity index (χ1v) is 13.3. The van der Waals surface area contributed by atoms with E-state index in [1.54, 1.807) is 7.11 Å². The maximum atomic E-state index is 13.5. The molecule has 0 amide bonds. The molecule has 2 aliphatic heterocycles. The lowest BCUT2D eigenvalue weighted by molar-refractivity contribution is 0.0840. The number of fused-ring (bicyclic) bond motifs is 1. The second-order valence-electron chi connectivity index (χ2n) is 10.1. The van der Waals surface area contributed by atoms with Gasteiger partial charge in [0.05, 0.1) is 19.8 Å². The topological polar surface area (TPSA) is 101 Å². The smallest absolute Gasteiger partial charge is 0.253 e. The molecule has 0 radical (unpaired) electrons. The molecule has 1 N–H and O–H groups in total. The number of pyridine rings is 1. The van der Waals surface area contributed by atoms with Crippen molar-refractivity contribution in [2.24, 2.45) is 0 Å². The quantitative estimate of drug-likeness (QED) is 0.382. The Labute approximate surface area is 221 Å². The number of hydrogen-bond donors (Lipinski definition) is 1. The highest BCUT2D eigenvalue weighted by atomic mass is 16.5. The Balaban J connectivity index is 1.33. The number of aromatic nitrogens is 5. The van der Waals surface area contributed by atoms with Crippen molar-refractivity contribution < 1.29 is 9.47 Å². The highest BCUT2D eigenvalue weighted by molar-refractivity contribution is 5.80. The lowest BCUT2D eigenvalue weighted by atomic mass is 10.0. The molecule has 198 valence electrons. The Morgan fingerprint density at radius 1 is 1.11 bits per heavy atom. The Morgan fingerprint density at radius 2 is 1.95 bits per heavy atom. The third kappa shape index (κ3) is 5.20. The first-order chi connectivity index (χ1) is 18.7. The minimum Gasteiger partial charge on any atom is -0.497 e. The van der Waals surface area contributed by atoms with Gasteiger partial charge in [-0.05, 0) is 53.1 Å². The minimum absolute atomic E-state index is 0.0831. The van der Waals surface area contributed by atoms with Crippen LogP contribution in [0.5, 0.6) is 5.75 Å². The molecule has 2 saturated heterocycles. The number of ether oxygens (including phenoxy) is 2. The fraction of sp³-hybridized carbons (Fsp3) is 0.429. The van der Waals surface area contributed by atoms with Gasteiger partial charge in [-0.25, -0.2) is 4.68 Å². The van der Waals surface area contributed by atoms with Crippen LogP contribution in [0.2, 0.25) is 0 Å². The fourth-order valence-electron chi connectivity index (χ4n) is 5.57. The SMILES string of the molecule is COc1ccc2[nH]c(=O)c([C@H](c3nnnn3C[C@H]3CCCO3)N3CCN(Cc4ccccc4)CC3)cc2c1. The molecular weight excluding hydrogens is 482 g/mol. The predicted molar refractivity (Wildman–Crippen MR) is 143 cm³/mol. The van der Waals surface area contributed by atoms with Crippen LogP contribution in [-0.2, 0) is 17.8 Å². The van der Waals surface area contributed by atoms with E-state index in [1.165, 1.54) is 5.56 Å². The van der Waals surface area contributed by atoms with Crippen molar-refractivity contribution in [3.63, 3.8) is 0 Å². The third-order valence-corrected chi connectivity index (χ3v) is 7.60. The Bertz CT molecular complexity index is 1420. The van der Waals surface area contributed by atoms with Crippen molar-refractivity contribution in [2.75, 3.05) is 39.9 Å². The summed E-state index contributed by atoms with van der Waals surface area (Å²) in [7, 11) is 1.64. The molecule has 10 nitrogen and oxygen atoms in total. The molecular formula is C28H33N7O3. The van der Waals surface area contributed by atoms with Crippen molar-refractivity contribution >= 4 is 10.9 Å². The number of rotatable bonds is 8. The van der Waals surface area contributed by atoms with E-state index in [4.69, 9.17) is 9.47 Å². The zero-order chi connectivity index (χ0) is 25.9. The molecule has 10 heteroatoms. The standard InChI is InChI=1S/C28H33N7O3/c1-37-22-9-10-25-21(16-22)17-24(28(36)29-25)26(27-30-31-32-35(27)19-23-8-5-15-38-23)34-13-11-33(12-14-34)18-20-6-3-2-4-7-20/h2-4,6-7,9-10,16-17,23,26H,5,8,11-15,18-19H2,1H3,(H,29,36)/t23-,26-/m1/s1. The van der Waals surface area contributed by atoms with E-state index in [-0.39, 0.29) is 17.7 Å². The number of nitrogens with zero attached hydrogens (tertiary/aromatic N) is 6. The van der Waals surface area contributed by atoms with Gasteiger partial charge >= 0.3 is 0 Å². The van der Waals surface area contributed by atoms with Gasteiger partial charge in [-0.2, -0.15) is 0 Å². The molecule has 4 heterocycles. The zero-order valence-corrected chi connectivity index (χ0v) is 21.6. The third-order valence-electron chi connectivity index (χ3n) is 7.60. The van der Waals surface area contributed by atoms with Crippen LogP contribution in [0.4, 0.5) is 0 Å². The average molecular weight is 516 g/mol. The van der Waals surface area contributed by atoms with Gasteiger partial charge in [-0.15, -0.1) is 5.10 Å². The number of aromatic amines is 1. The van der Waals surface area contributed by atoms with Crippen LogP contribution >= 0.6 is 0 Å². The molecule has 2 aromatic carbocycles. The van der Waals surface area contributed by atoms with Crippen molar-refractivity contribution in [1.82, 2.24) is 35.0 Å². The molecule has 6 rings (SSSR count). The molecule has 0 saturated carbocycles. The predicted octanol–water partition coefficient (Wildman–Crippen LogP) is 2.61. The maximum Gasteiger partial charge on any atom is 0.253 e. The van der Waals surface area contributed by atoms with Gasteiger partial charge in [0.15, 0.2) is 5.82 Å². The lowest BCUT2D eigenvalue weighted by Gasteiger charge is -2.38. The number of benzene rings is 2. The summed E-state index contributed by atoms with van der Waals surface area (Å²) in [6, 6.07) is 17.8. The molecule has 38 heavy (non-hydrogen) atoms. The normalized spacial score (nSPS) is 19.7. The van der Waals surface area contributed by atoms with E-state index >= 15 is 0 Å². The Kier molecular flexibility index (Phi) is 7.17. The second-order valence-corrected chi connectivity index (χ2v) is 10.1. The summed E-state index contributed by atoms with van der Waals surface area (Å²) in [6.45, 7) is 5.61. The largest absolute Gasteiger partial charge is 0.497 e. The number of methoxy groups -OCH3 is 1. The van der Waals surface area contributed by atoms with Gasteiger partial charge in [0, 0.05) is 55.8 Å². The first-order valence-electron chi connectivity index (χ1n) is 13.3. The molecule has 2 aliphatic rings. The number of H-pyrrole nitrogens is 1. The molecule has 0 bridgehead atoms. The highest BCUT2D eigenvalue weighted by Crippen LogP contribution is 2.29. The summed E-state index contributed by atoms with van der Waals surface area (Å²) in [5.74, 6) is 1.41. The number of tetrazole rings is 1. The number of hydrogen-bond acceptors (Lipinski definition) is 8. The van der Waals surface area contributed by atoms with Crippen LogP contribution in [0.25, 0.3) is 10.9 Å². The summed E-state index contributed by atoms with van der Waals surface area (Å²) in [6.07, 6.45) is 2.11. The van der Waals surface area contributed by atoms with Crippen LogP contribution in [0.1, 0.15) is 35.8 Å². The van der Waals surface area contributed by atoms with E-state index in [0.29, 0.717) is 17.9 Å². The average Bonchev–Trinajstić information content (AvgIpc) is 3.63. The van der Waals surface area contributed by atoms with Crippen LogP contribution in [0.3, 0.4) is 0 Å². The summed E-state index contributed by atoms with van der Waals surface area (Å²) < 4.78 is 13.1. The molecule has 0 spiro atoms. The van der Waals surface area contributed by atoms with Crippen LogP contribution in [-0.4, -0.2) is 81.0 Å². The lowest BCUT2D eigenvalue weighted by Crippen LogP contribution is -2.48. The van der Waals surface area contributed by atoms with Gasteiger partial charge in [-0.3, -0.25) is 14.6 Å². The van der Waals surface area contributed by atoms with Crippen LogP contribution in [0, 0.1) is 0 Å². The first kappa shape index (κ1) is 24.7. The van der Waals surface area contributed by atoms with Crippen LogP contribution < -0.4 is 10.3 Å². The molecule has 2 atom stereocenters. The monoisotopic (exact) mass is 515 g/mol. The Hall–Kier alpha value is -3.60. The summed E-state index contributed by atoms with van der Waals surface area (Å²) >= 11 is 0. The minimum atomic E-state index is -0.385. The van der Waals surface area contributed by atoms with E-state index in [9.17, 15) is 4.79 Å². The highest BCUT2D eigenvalue weighted by Gasteiger charge is 2.33. The van der Waals surface area contributed by atoms with Gasteiger partial charge in [0.1, 0.15) is 11.8 Å². The van der Waals surface area contributed by atoms with E-state index in [2.05, 4.69) is 54.6 Å². The Morgan fingerprint density at radius 3 is 2.71 bits per heavy atom. The fourth-order valence-corrected chi connectivity index (χ4v) is 5.57. The van der Waals surface area contributed by atoms with E-state index < -0.39 is 0 Å². The second kappa shape index (κ2) is 11.0. The summed E-state index contributed by atoms with van der Waals surface area (Å²) in [5.41, 5.74) is 2.57. The number of nitrogens with one attached hydrogen (secondary N) is 1. The van der Waals surface area contributed by atoms with Gasteiger partial charge in [0.25, 0.3) is 5.56 Å². The molecule has 4 aromatic rings. The van der Waals surface area contributed by atoms with Crippen molar-refractivity contribution in [3.05, 3.63) is 81.9 Å². The summed E-state index contributed by atoms with van der Waals surface area (Å²) in [5, 5.41) is 13.7. The van der Waals surface area contributed by atoms with Crippen molar-refractivity contribution in [2.45, 2.75) is 38.1 Å². The molecule has 2 fully saturated rings. The van der Waals surface area contributed by atoms with E-state index in [1.807, 2.05) is 35.0 Å². The number of piperazine rings is 1. The summed E-state index contributed by atoms with van der Waals surface area (Å²) in [4.78, 5) is 21.4. The van der Waals surface area contributed by atoms with Crippen LogP contribution in [0.15, 0.2) is 59.4 Å². The molecule has 2 aromatic heterocycles. The molecule has 0 aliphatic carbocycles. The van der Waals surface area contributed by atoms with Crippen molar-refractivity contribution in [1.29, 1.82) is 0 Å². The van der Waals surface area contributed by atoms with Gasteiger partial charge < -0.3 is 14.5 Å². The van der Waals surface area contributed by atoms with E-state index in [0.717, 1.165) is 68.8 Å². The van der Waals surface area contributed by atoms with Crippen molar-refractivity contribution in [3.8, 4) is 5.75 Å². The molecule has 0 unspecified atom stereocenters. The maximum absolute atomic E-state index is 13.5. The van der Waals surface area contributed by atoms with Gasteiger partial charge in [0.2, 0.25) is 0 Å². The zero-order valence-electron chi connectivity index (χ0n) is 21.6.